The maximum Gasteiger partial charge on any atom is -0.00235 e. The van der Waals surface area contributed by atoms with Crippen molar-refractivity contribution in [3.63, 3.8) is 0 Å². The van der Waals surface area contributed by atoms with Crippen molar-refractivity contribution in [2.45, 2.75) is 54.4 Å². The molecule has 0 aliphatic rings. The third-order valence-corrected chi connectivity index (χ3v) is 3.67. The molecule has 0 aliphatic carbocycles. The van der Waals surface area contributed by atoms with Crippen LogP contribution in [0, 0.1) is 23.2 Å². The average molecular weight is 213 g/mol. The zero-order chi connectivity index (χ0) is 12.1. The van der Waals surface area contributed by atoms with E-state index in [1.165, 1.54) is 12.8 Å². The smallest absolute Gasteiger partial charge is 0.00235 e. The van der Waals surface area contributed by atoms with E-state index in [2.05, 4.69) is 46.9 Å². The second-order valence-electron chi connectivity index (χ2n) is 6.47. The van der Waals surface area contributed by atoms with Crippen LogP contribution < -0.4 is 5.32 Å². The highest BCUT2D eigenvalue weighted by Crippen LogP contribution is 2.29. The predicted octanol–water partition coefficient (Wildman–Crippen LogP) is 3.94. The summed E-state index contributed by atoms with van der Waals surface area (Å²) >= 11 is 0. The first kappa shape index (κ1) is 15.0. The fourth-order valence-corrected chi connectivity index (χ4v) is 1.99. The van der Waals surface area contributed by atoms with E-state index in [1.54, 1.807) is 0 Å². The Hall–Kier alpha value is -0.0400. The van der Waals surface area contributed by atoms with Crippen molar-refractivity contribution in [2.24, 2.45) is 23.2 Å². The lowest BCUT2D eigenvalue weighted by molar-refractivity contribution is 0.230. The lowest BCUT2D eigenvalue weighted by Crippen LogP contribution is -2.26. The first-order valence-electron chi connectivity index (χ1n) is 6.42. The summed E-state index contributed by atoms with van der Waals surface area (Å²) in [6.07, 6.45) is 2.70. The van der Waals surface area contributed by atoms with Gasteiger partial charge in [-0.15, -0.1) is 0 Å². The molecule has 15 heavy (non-hydrogen) atoms. The Morgan fingerprint density at radius 3 is 1.93 bits per heavy atom. The van der Waals surface area contributed by atoms with E-state index in [1.807, 2.05) is 7.05 Å². The van der Waals surface area contributed by atoms with Gasteiger partial charge in [0.2, 0.25) is 0 Å². The summed E-state index contributed by atoms with van der Waals surface area (Å²) in [4.78, 5) is 0. The molecule has 0 aromatic heterocycles. The molecule has 0 heterocycles. The minimum atomic E-state index is 0.486. The van der Waals surface area contributed by atoms with Crippen molar-refractivity contribution < 1.29 is 0 Å². The lowest BCUT2D eigenvalue weighted by Gasteiger charge is -2.28. The van der Waals surface area contributed by atoms with Gasteiger partial charge in [-0.2, -0.15) is 0 Å². The monoisotopic (exact) mass is 213 g/mol. The van der Waals surface area contributed by atoms with Crippen LogP contribution in [0.3, 0.4) is 0 Å². The summed E-state index contributed by atoms with van der Waals surface area (Å²) in [5, 5.41) is 3.28. The van der Waals surface area contributed by atoms with Gasteiger partial charge in [0.05, 0.1) is 0 Å². The van der Waals surface area contributed by atoms with E-state index in [-0.39, 0.29) is 0 Å². The normalized spacial score (nSPS) is 18.6. The molecule has 3 atom stereocenters. The molecule has 0 amide bonds. The van der Waals surface area contributed by atoms with Gasteiger partial charge in [0.25, 0.3) is 0 Å². The van der Waals surface area contributed by atoms with Crippen LogP contribution in [0.2, 0.25) is 0 Å². The Balaban J connectivity index is 3.93. The number of hydrogen-bond donors (Lipinski definition) is 1. The van der Waals surface area contributed by atoms with Crippen molar-refractivity contribution in [3.8, 4) is 0 Å². The van der Waals surface area contributed by atoms with Crippen molar-refractivity contribution in [1.29, 1.82) is 0 Å². The summed E-state index contributed by atoms with van der Waals surface area (Å²) in [6, 6.07) is 0. The number of nitrogens with one attached hydrogen (secondary N) is 1. The topological polar surface area (TPSA) is 12.0 Å². The second-order valence-corrected chi connectivity index (χ2v) is 6.47. The van der Waals surface area contributed by atoms with Crippen LogP contribution in [-0.2, 0) is 0 Å². The number of rotatable bonds is 6. The van der Waals surface area contributed by atoms with Crippen molar-refractivity contribution in [2.75, 3.05) is 13.6 Å². The summed E-state index contributed by atoms with van der Waals surface area (Å²) in [5.41, 5.74) is 0.486. The van der Waals surface area contributed by atoms with Crippen molar-refractivity contribution >= 4 is 0 Å². The molecule has 0 aliphatic heterocycles. The van der Waals surface area contributed by atoms with E-state index in [0.29, 0.717) is 5.41 Å². The Bertz CT molecular complexity index is 157. The highest BCUT2D eigenvalue weighted by Gasteiger charge is 2.20. The van der Waals surface area contributed by atoms with Gasteiger partial charge < -0.3 is 5.32 Å². The Labute approximate surface area is 97.0 Å². The first-order valence-corrected chi connectivity index (χ1v) is 6.42. The van der Waals surface area contributed by atoms with Gasteiger partial charge in [-0.05, 0) is 49.6 Å². The van der Waals surface area contributed by atoms with E-state index in [0.717, 1.165) is 24.3 Å². The largest absolute Gasteiger partial charge is 0.319 e. The molecule has 0 bridgehead atoms. The molecule has 0 saturated carbocycles. The van der Waals surface area contributed by atoms with Gasteiger partial charge in [0.15, 0.2) is 0 Å². The summed E-state index contributed by atoms with van der Waals surface area (Å²) < 4.78 is 0. The highest BCUT2D eigenvalue weighted by molar-refractivity contribution is 4.72. The number of hydrogen-bond acceptors (Lipinski definition) is 1. The molecule has 0 spiro atoms. The standard InChI is InChI=1S/C14H31N/c1-11(8-9-14(4,5)6)13(3)12(2)10-15-7/h11-13,15H,8-10H2,1-7H3/t11-,12?,13+/m1/s1. The molecule has 0 aromatic rings. The molecule has 92 valence electrons. The van der Waals surface area contributed by atoms with Gasteiger partial charge in [-0.1, -0.05) is 41.5 Å². The third kappa shape index (κ3) is 6.94. The van der Waals surface area contributed by atoms with Crippen LogP contribution in [0.4, 0.5) is 0 Å². The van der Waals surface area contributed by atoms with E-state index >= 15 is 0 Å². The minimum Gasteiger partial charge on any atom is -0.319 e. The predicted molar refractivity (Wildman–Crippen MR) is 70.1 cm³/mol. The third-order valence-electron chi connectivity index (χ3n) is 3.67. The van der Waals surface area contributed by atoms with Gasteiger partial charge in [0.1, 0.15) is 0 Å². The average Bonchev–Trinajstić information content (AvgIpc) is 2.12. The van der Waals surface area contributed by atoms with Crippen LogP contribution in [0.5, 0.6) is 0 Å². The Morgan fingerprint density at radius 1 is 1.00 bits per heavy atom. The van der Waals surface area contributed by atoms with E-state index < -0.39 is 0 Å². The molecular weight excluding hydrogens is 182 g/mol. The first-order chi connectivity index (χ1) is 6.78. The molecular formula is C14H31N. The maximum absolute atomic E-state index is 3.28. The van der Waals surface area contributed by atoms with Crippen LogP contribution in [0.15, 0.2) is 0 Å². The fourth-order valence-electron chi connectivity index (χ4n) is 1.99. The molecule has 1 unspecified atom stereocenters. The van der Waals surface area contributed by atoms with Crippen LogP contribution in [0.1, 0.15) is 54.4 Å². The molecule has 0 fully saturated rings. The van der Waals surface area contributed by atoms with Crippen molar-refractivity contribution in [3.05, 3.63) is 0 Å². The van der Waals surface area contributed by atoms with Gasteiger partial charge in [-0.3, -0.25) is 0 Å². The molecule has 1 nitrogen and oxygen atoms in total. The summed E-state index contributed by atoms with van der Waals surface area (Å²) in [5.74, 6) is 2.44. The van der Waals surface area contributed by atoms with Crippen LogP contribution in [-0.4, -0.2) is 13.6 Å². The molecule has 0 aromatic carbocycles. The van der Waals surface area contributed by atoms with Gasteiger partial charge in [0, 0.05) is 0 Å². The van der Waals surface area contributed by atoms with Gasteiger partial charge >= 0.3 is 0 Å². The lowest BCUT2D eigenvalue weighted by atomic mass is 9.79. The molecule has 0 saturated heterocycles. The summed E-state index contributed by atoms with van der Waals surface area (Å²) in [7, 11) is 2.04. The Morgan fingerprint density at radius 2 is 1.53 bits per heavy atom. The SMILES string of the molecule is CNCC(C)[C@@H](C)[C@H](C)CCC(C)(C)C. The quantitative estimate of drug-likeness (QED) is 0.704. The van der Waals surface area contributed by atoms with E-state index in [9.17, 15) is 0 Å². The molecule has 0 radical (unpaired) electrons. The zero-order valence-corrected chi connectivity index (χ0v) is 11.9. The Kier molecular flexibility index (Phi) is 6.51. The molecule has 1 heteroatoms. The van der Waals surface area contributed by atoms with Crippen molar-refractivity contribution in [1.82, 2.24) is 5.32 Å². The van der Waals surface area contributed by atoms with Crippen LogP contribution in [0.25, 0.3) is 0 Å². The summed E-state index contributed by atoms with van der Waals surface area (Å²) in [6.45, 7) is 15.3. The second kappa shape index (κ2) is 6.52. The zero-order valence-electron chi connectivity index (χ0n) is 11.9. The minimum absolute atomic E-state index is 0.486. The van der Waals surface area contributed by atoms with Crippen LogP contribution >= 0.6 is 0 Å². The molecule has 0 rings (SSSR count). The highest BCUT2D eigenvalue weighted by atomic mass is 14.8. The van der Waals surface area contributed by atoms with Gasteiger partial charge in [-0.25, -0.2) is 0 Å². The molecule has 1 N–H and O–H groups in total. The maximum atomic E-state index is 3.28. The van der Waals surface area contributed by atoms with E-state index in [4.69, 9.17) is 0 Å². The fraction of sp³-hybridized carbons (Fsp3) is 1.00.